The van der Waals surface area contributed by atoms with E-state index in [1.54, 1.807) is 54.6 Å². The molecular weight excluding hydrogens is 1510 g/mol. The third-order valence-electron chi connectivity index (χ3n) is 19.8. The van der Waals surface area contributed by atoms with Gasteiger partial charge < -0.3 is 23.5 Å². The van der Waals surface area contributed by atoms with Crippen molar-refractivity contribution < 1.29 is 84.0 Å². The number of hydrogen-bond acceptors (Lipinski definition) is 6. The summed E-state index contributed by atoms with van der Waals surface area (Å²) < 4.78 is 9.73. The summed E-state index contributed by atoms with van der Waals surface area (Å²) in [5, 5.41) is 43.8. The van der Waals surface area contributed by atoms with Gasteiger partial charge in [0.15, 0.2) is 11.6 Å². The fourth-order valence-corrected chi connectivity index (χ4v) is 15.6. The van der Waals surface area contributed by atoms with Crippen LogP contribution in [0, 0.1) is 6.92 Å². The van der Waals surface area contributed by atoms with Gasteiger partial charge in [-0.15, -0.1) is 0 Å². The molecule has 530 valence electrons. The smallest absolute Gasteiger partial charge is 1.00 e. The molecule has 0 heterocycles. The van der Waals surface area contributed by atoms with Crippen LogP contribution in [-0.4, -0.2) is 26.7 Å². The van der Waals surface area contributed by atoms with Crippen molar-refractivity contribution in [3.05, 3.63) is 422 Å². The van der Waals surface area contributed by atoms with Crippen LogP contribution in [-0.2, 0) is 15.8 Å². The molecule has 0 aromatic heterocycles. The number of rotatable bonds is 5. The molecule has 7 nitrogen and oxygen atoms in total. The largest absolute Gasteiger partial charge is 1.00 e. The van der Waals surface area contributed by atoms with Crippen molar-refractivity contribution in [1.29, 1.82) is 0 Å². The number of halogens is 4. The predicted octanol–water partition coefficient (Wildman–Crippen LogP) is 19.3. The average molecular weight is 1580 g/mol. The van der Waals surface area contributed by atoms with Crippen LogP contribution in [0.2, 0.25) is 15.1 Å². The summed E-state index contributed by atoms with van der Waals surface area (Å²) in [6, 6.07) is 113. The van der Waals surface area contributed by atoms with Gasteiger partial charge in [-0.2, -0.15) is 11.3 Å². The first-order valence-electron chi connectivity index (χ1n) is 35.2. The molecular formula is C96H69BrCl3LiNaO7P. The van der Waals surface area contributed by atoms with E-state index >= 15 is 0 Å². The van der Waals surface area contributed by atoms with Crippen LogP contribution in [0.1, 0.15) is 86.4 Å². The molecule has 17 aromatic rings. The number of fused-ring (bicyclic) bond motifs is 11. The van der Waals surface area contributed by atoms with Crippen LogP contribution in [0.4, 0.5) is 0 Å². The third kappa shape index (κ3) is 16.4. The van der Waals surface area contributed by atoms with Crippen LogP contribution in [0.15, 0.2) is 344 Å². The molecule has 3 atom stereocenters. The van der Waals surface area contributed by atoms with Crippen LogP contribution in [0.5, 0.6) is 0 Å². The maximum atomic E-state index is 12.7. The zero-order chi connectivity index (χ0) is 75.2. The van der Waals surface area contributed by atoms with E-state index in [1.807, 2.05) is 109 Å². The molecule has 17 aromatic carbocycles. The molecule has 110 heavy (non-hydrogen) atoms. The number of carbonyl (C=O) groups excluding carboxylic acids is 2. The second kappa shape index (κ2) is 35.4. The number of unbranched alkanes of at least 4 members (excludes halogenated alkanes) is 1. The Labute approximate surface area is 698 Å². The van der Waals surface area contributed by atoms with Crippen LogP contribution in [0.3, 0.4) is 0 Å². The summed E-state index contributed by atoms with van der Waals surface area (Å²) >= 11 is 22.4. The Morgan fingerprint density at radius 2 is 0.691 bits per heavy atom. The summed E-state index contributed by atoms with van der Waals surface area (Å²) in [6.07, 6.45) is 2.28. The van der Waals surface area contributed by atoms with Crippen molar-refractivity contribution in [3.8, 4) is 22.3 Å². The second-order valence-corrected chi connectivity index (χ2v) is 29.1. The molecule has 0 amide bonds. The van der Waals surface area contributed by atoms with Gasteiger partial charge in [0.05, 0.1) is 0 Å². The van der Waals surface area contributed by atoms with Crippen molar-refractivity contribution in [1.82, 2.24) is 0 Å². The molecule has 0 fully saturated rings. The first-order valence-corrected chi connectivity index (χ1v) is 38.2. The number of ketones is 2. The normalized spacial score (nSPS) is 14.3. The second-order valence-electron chi connectivity index (χ2n) is 26.4. The standard InChI is InChI=1S/C34H23ClO2.C34H21Cl.C14H7ClO2.C10H7Br.C4H9.Li.Na.HO3P.H/c35-28-17-18-31-32(21-28)34(37,27-16-14-23-8-2-4-10-25(23)20-27)30-12-6-5-11-29(30)33(31,36)26-15-13-22-7-1-3-9-24(22)19-26;35-28-17-18-31-32(21-28)34(27-16-14-23-8-2-4-10-25(23)20-27)30-12-6-5-11-29(30)33(31)26-15-13-22-7-1-3-9-24(22)19-26;15-8-5-6-11-12(7-8)14(17)10-4-2-1-3-9(10)13(11)16;11-10-6-5-8-3-1-2-4-9(8)7-10;1-3-4-2;;;1-4(2)3;/h1-21,36-37H;1-21H;1-7H;1-7H;1,3-4H2,2H3;;;(H,1,2,3);/q;;;;-1;2*+1;;-1. The Bertz CT molecular complexity index is 6360. The molecule has 14 heteroatoms. The van der Waals surface area contributed by atoms with Gasteiger partial charge in [-0.3, -0.25) is 9.59 Å². The van der Waals surface area contributed by atoms with E-state index < -0.39 is 19.5 Å². The number of hydrogen-bond donors (Lipinski definition) is 3. The van der Waals surface area contributed by atoms with Gasteiger partial charge in [-0.05, 0) is 209 Å². The van der Waals surface area contributed by atoms with E-state index in [0.717, 1.165) is 48.6 Å². The van der Waals surface area contributed by atoms with Gasteiger partial charge in [0, 0.05) is 47.4 Å². The molecule has 0 radical (unpaired) electrons. The van der Waals surface area contributed by atoms with Crippen LogP contribution >= 0.6 is 59.0 Å². The van der Waals surface area contributed by atoms with Crippen LogP contribution in [0.25, 0.3) is 97.7 Å². The number of aliphatic hydroxyl groups is 2. The fraction of sp³-hybridized carbons (Fsp3) is 0.0521. The molecule has 0 saturated heterocycles. The minimum Gasteiger partial charge on any atom is -1.00 e. The summed E-state index contributed by atoms with van der Waals surface area (Å²) in [5.74, 6) is -0.260. The summed E-state index contributed by atoms with van der Waals surface area (Å²) in [5.41, 5.74) is 7.58. The number of carbonyl (C=O) groups is 2. The summed E-state index contributed by atoms with van der Waals surface area (Å²) in [6.45, 7) is 5.72. The first kappa shape index (κ1) is 80.3. The van der Waals surface area contributed by atoms with E-state index in [-0.39, 0.29) is 61.4 Å². The minimum absolute atomic E-state index is 0. The van der Waals surface area contributed by atoms with Crippen molar-refractivity contribution in [3.63, 3.8) is 0 Å². The Kier molecular flexibility index (Phi) is 25.9. The van der Waals surface area contributed by atoms with E-state index in [2.05, 4.69) is 206 Å². The Morgan fingerprint density at radius 1 is 0.373 bits per heavy atom. The summed E-state index contributed by atoms with van der Waals surface area (Å²) in [4.78, 5) is 40.0. The third-order valence-corrected chi connectivity index (χ3v) is 21.0. The molecule has 0 aliphatic heterocycles. The molecule has 0 bridgehead atoms. The van der Waals surface area contributed by atoms with E-state index in [9.17, 15) is 19.8 Å². The van der Waals surface area contributed by atoms with E-state index in [0.29, 0.717) is 54.6 Å². The quantitative estimate of drug-likeness (QED) is 0.0676. The van der Waals surface area contributed by atoms with Gasteiger partial charge in [-0.1, -0.05) is 325 Å². The monoisotopic (exact) mass is 1580 g/mol. The zero-order valence-electron chi connectivity index (χ0n) is 61.4. The fourth-order valence-electron chi connectivity index (χ4n) is 14.7. The molecule has 2 aliphatic carbocycles. The van der Waals surface area contributed by atoms with Gasteiger partial charge in [0.25, 0.3) is 0 Å². The maximum absolute atomic E-state index is 12.7. The van der Waals surface area contributed by atoms with Gasteiger partial charge in [-0.25, -0.2) is 0 Å². The maximum Gasteiger partial charge on any atom is 1.00 e. The van der Waals surface area contributed by atoms with E-state index in [4.69, 9.17) is 49.2 Å². The van der Waals surface area contributed by atoms with Crippen molar-refractivity contribution in [2.75, 3.05) is 0 Å². The van der Waals surface area contributed by atoms with Crippen molar-refractivity contribution in [2.45, 2.75) is 31.0 Å². The van der Waals surface area contributed by atoms with Gasteiger partial charge in [0.2, 0.25) is 0 Å². The van der Waals surface area contributed by atoms with Crippen molar-refractivity contribution in [2.24, 2.45) is 0 Å². The molecule has 0 spiro atoms. The zero-order valence-corrected chi connectivity index (χ0v) is 67.1. The topological polar surface area (TPSA) is 135 Å². The average Bonchev–Trinajstić information content (AvgIpc) is 0.692. The minimum atomic E-state index is -3.12. The molecule has 3 unspecified atom stereocenters. The molecule has 3 N–H and O–H groups in total. The van der Waals surface area contributed by atoms with Gasteiger partial charge >= 0.3 is 56.7 Å². The Balaban J connectivity index is 0.000000151. The Hall–Kier alpha value is -9.21. The van der Waals surface area contributed by atoms with Crippen molar-refractivity contribution >= 4 is 146 Å². The van der Waals surface area contributed by atoms with E-state index in [1.165, 1.54) is 82.5 Å². The first-order chi connectivity index (χ1) is 52.4. The molecule has 0 saturated carbocycles. The molecule has 2 aliphatic rings. The van der Waals surface area contributed by atoms with Gasteiger partial charge in [0.1, 0.15) is 11.2 Å². The summed E-state index contributed by atoms with van der Waals surface area (Å²) in [7, 11) is -3.12. The number of benzene rings is 17. The Morgan fingerprint density at radius 3 is 1.16 bits per heavy atom. The molecule has 19 rings (SSSR count). The predicted molar refractivity (Wildman–Crippen MR) is 450 cm³/mol. The van der Waals surface area contributed by atoms with Crippen LogP contribution < -0.4 is 53.3 Å². The SMILES string of the molecule is Brc1ccc2ccccc2c1.Clc1ccc2c(-c3ccc4ccccc4c3)c3ccccc3c(-c3ccc4ccccc4c3)c2c1.O=C1c2ccccc2C(=O)c2cc(Cl)ccc21.O=[P+]([O-])O.OC1(c2ccc3ccccc3c2)c2ccccc2C(O)(c2ccc3ccccc3c2)c2cc(Cl)ccc21.[CH2-]CCC.[H-].[Li+].[Na+].